The van der Waals surface area contributed by atoms with Gasteiger partial charge in [-0.05, 0) is 92.9 Å². The van der Waals surface area contributed by atoms with Crippen LogP contribution in [0.3, 0.4) is 0 Å². The molecule has 2 saturated heterocycles. The van der Waals surface area contributed by atoms with Gasteiger partial charge in [-0.2, -0.15) is 0 Å². The Kier molecular flexibility index (Phi) is 9.66. The van der Waals surface area contributed by atoms with Gasteiger partial charge in [-0.1, -0.05) is 0 Å². The number of hydrogen-bond acceptors (Lipinski definition) is 5. The summed E-state index contributed by atoms with van der Waals surface area (Å²) in [6.07, 6.45) is 3.56. The van der Waals surface area contributed by atoms with Crippen molar-refractivity contribution in [3.05, 3.63) is 0 Å². The number of carbonyl (C=O) groups is 3. The standard InChI is InChI=1S/C26H47N3O5/c1-19(2)29(24(32)34-26(6,7)8)18-21-10-9-13-28(17-21)22(30)16-20-11-14-27(15-12-20)23(31)33-25(3,4)5/h19-21H,9-18H2,1-8H3. The summed E-state index contributed by atoms with van der Waals surface area (Å²) < 4.78 is 11.1. The predicted octanol–water partition coefficient (Wildman–Crippen LogP) is 4.91. The zero-order valence-electron chi connectivity index (χ0n) is 22.7. The minimum atomic E-state index is -0.530. The fourth-order valence-corrected chi connectivity index (χ4v) is 4.56. The average Bonchev–Trinajstić information content (AvgIpc) is 2.70. The molecule has 2 aliphatic heterocycles. The third-order valence-electron chi connectivity index (χ3n) is 6.31. The molecule has 0 aromatic rings. The number of carbonyl (C=O) groups excluding carboxylic acids is 3. The van der Waals surface area contributed by atoms with Crippen LogP contribution in [0.4, 0.5) is 9.59 Å². The van der Waals surface area contributed by atoms with Crippen LogP contribution in [0.15, 0.2) is 0 Å². The van der Waals surface area contributed by atoms with Gasteiger partial charge in [0.2, 0.25) is 5.91 Å². The van der Waals surface area contributed by atoms with Crippen LogP contribution in [0.2, 0.25) is 0 Å². The highest BCUT2D eigenvalue weighted by Crippen LogP contribution is 2.26. The zero-order chi connectivity index (χ0) is 25.7. The number of likely N-dealkylation sites (tertiary alicyclic amines) is 2. The molecule has 0 aromatic carbocycles. The fraction of sp³-hybridized carbons (Fsp3) is 0.885. The van der Waals surface area contributed by atoms with Crippen molar-refractivity contribution in [3.8, 4) is 0 Å². The van der Waals surface area contributed by atoms with Crippen LogP contribution in [-0.4, -0.2) is 82.8 Å². The van der Waals surface area contributed by atoms with E-state index in [0.717, 1.165) is 32.2 Å². The fourth-order valence-electron chi connectivity index (χ4n) is 4.56. The molecule has 0 aromatic heterocycles. The molecule has 34 heavy (non-hydrogen) atoms. The molecule has 2 heterocycles. The second kappa shape index (κ2) is 11.6. The number of piperidine rings is 2. The zero-order valence-corrected chi connectivity index (χ0v) is 22.7. The third kappa shape index (κ3) is 9.34. The second-order valence-electron chi connectivity index (χ2n) is 12.2. The minimum Gasteiger partial charge on any atom is -0.444 e. The Hall–Kier alpha value is -1.99. The van der Waals surface area contributed by atoms with E-state index in [0.29, 0.717) is 38.5 Å². The number of rotatable bonds is 5. The van der Waals surface area contributed by atoms with Crippen molar-refractivity contribution in [2.24, 2.45) is 11.8 Å². The molecule has 2 rings (SSSR count). The summed E-state index contributed by atoms with van der Waals surface area (Å²) in [6, 6.07) is 0.0380. The van der Waals surface area contributed by atoms with Gasteiger partial charge in [0, 0.05) is 45.2 Å². The lowest BCUT2D eigenvalue weighted by molar-refractivity contribution is -0.134. The highest BCUT2D eigenvalue weighted by atomic mass is 16.6. The summed E-state index contributed by atoms with van der Waals surface area (Å²) in [4.78, 5) is 43.6. The Labute approximate surface area is 206 Å². The molecule has 3 amide bonds. The molecule has 0 aliphatic carbocycles. The van der Waals surface area contributed by atoms with Crippen molar-refractivity contribution in [1.29, 1.82) is 0 Å². The van der Waals surface area contributed by atoms with Gasteiger partial charge < -0.3 is 24.2 Å². The smallest absolute Gasteiger partial charge is 0.410 e. The van der Waals surface area contributed by atoms with Gasteiger partial charge in [-0.25, -0.2) is 9.59 Å². The lowest BCUT2D eigenvalue weighted by Gasteiger charge is -2.38. The molecule has 0 radical (unpaired) electrons. The molecular formula is C26H47N3O5. The summed E-state index contributed by atoms with van der Waals surface area (Å²) in [7, 11) is 0. The molecule has 1 atom stereocenters. The van der Waals surface area contributed by atoms with E-state index in [1.54, 1.807) is 9.80 Å². The van der Waals surface area contributed by atoms with Crippen LogP contribution in [0.25, 0.3) is 0 Å². The molecule has 0 N–H and O–H groups in total. The number of hydrogen-bond donors (Lipinski definition) is 0. The Bertz CT molecular complexity index is 702. The van der Waals surface area contributed by atoms with Crippen molar-refractivity contribution < 1.29 is 23.9 Å². The lowest BCUT2D eigenvalue weighted by atomic mass is 9.91. The van der Waals surface area contributed by atoms with E-state index in [4.69, 9.17) is 9.47 Å². The van der Waals surface area contributed by atoms with E-state index in [2.05, 4.69) is 0 Å². The molecule has 2 aliphatic rings. The van der Waals surface area contributed by atoms with E-state index >= 15 is 0 Å². The first-order valence-corrected chi connectivity index (χ1v) is 12.9. The molecule has 0 bridgehead atoms. The summed E-state index contributed by atoms with van der Waals surface area (Å²) >= 11 is 0. The highest BCUT2D eigenvalue weighted by Gasteiger charge is 2.32. The largest absolute Gasteiger partial charge is 0.444 e. The van der Waals surface area contributed by atoms with Crippen LogP contribution in [0.1, 0.15) is 87.5 Å². The van der Waals surface area contributed by atoms with Crippen molar-refractivity contribution >= 4 is 18.1 Å². The summed E-state index contributed by atoms with van der Waals surface area (Å²) in [5, 5.41) is 0. The third-order valence-corrected chi connectivity index (χ3v) is 6.31. The molecule has 2 fully saturated rings. The summed E-state index contributed by atoms with van der Waals surface area (Å²) in [5.41, 5.74) is -1.03. The molecular weight excluding hydrogens is 434 g/mol. The molecule has 0 saturated carbocycles. The van der Waals surface area contributed by atoms with Gasteiger partial charge in [0.25, 0.3) is 0 Å². The van der Waals surface area contributed by atoms with Gasteiger partial charge >= 0.3 is 12.2 Å². The van der Waals surface area contributed by atoms with Gasteiger partial charge in [0.05, 0.1) is 0 Å². The highest BCUT2D eigenvalue weighted by molar-refractivity contribution is 5.76. The van der Waals surface area contributed by atoms with Crippen LogP contribution in [0, 0.1) is 11.8 Å². The van der Waals surface area contributed by atoms with E-state index in [1.165, 1.54) is 0 Å². The van der Waals surface area contributed by atoms with Crippen molar-refractivity contribution in [2.75, 3.05) is 32.7 Å². The first-order valence-electron chi connectivity index (χ1n) is 12.9. The molecule has 196 valence electrons. The van der Waals surface area contributed by atoms with Gasteiger partial charge in [-0.3, -0.25) is 4.79 Å². The Balaban J connectivity index is 1.84. The van der Waals surface area contributed by atoms with Crippen molar-refractivity contribution in [2.45, 2.75) is 105 Å². The Morgan fingerprint density at radius 2 is 1.44 bits per heavy atom. The van der Waals surface area contributed by atoms with E-state index < -0.39 is 11.2 Å². The SMILES string of the molecule is CC(C)N(CC1CCCN(C(=O)CC2CCN(C(=O)OC(C)(C)C)CC2)C1)C(=O)OC(C)(C)C. The Morgan fingerprint density at radius 1 is 0.853 bits per heavy atom. The quantitative estimate of drug-likeness (QED) is 0.558. The monoisotopic (exact) mass is 481 g/mol. The van der Waals surface area contributed by atoms with Gasteiger partial charge in [-0.15, -0.1) is 0 Å². The van der Waals surface area contributed by atoms with Gasteiger partial charge in [0.1, 0.15) is 11.2 Å². The lowest BCUT2D eigenvalue weighted by Crippen LogP contribution is -2.48. The van der Waals surface area contributed by atoms with E-state index in [9.17, 15) is 14.4 Å². The average molecular weight is 482 g/mol. The van der Waals surface area contributed by atoms with E-state index in [1.807, 2.05) is 60.3 Å². The van der Waals surface area contributed by atoms with Crippen LogP contribution in [-0.2, 0) is 14.3 Å². The first kappa shape index (κ1) is 28.2. The molecule has 8 heteroatoms. The van der Waals surface area contributed by atoms with Gasteiger partial charge in [0.15, 0.2) is 0 Å². The summed E-state index contributed by atoms with van der Waals surface area (Å²) in [6.45, 7) is 18.6. The van der Waals surface area contributed by atoms with Crippen LogP contribution < -0.4 is 0 Å². The number of amides is 3. The van der Waals surface area contributed by atoms with E-state index in [-0.39, 0.29) is 30.1 Å². The normalized spacial score (nSPS) is 20.3. The molecule has 1 unspecified atom stereocenters. The van der Waals surface area contributed by atoms with Crippen molar-refractivity contribution in [1.82, 2.24) is 14.7 Å². The minimum absolute atomic E-state index is 0.0380. The van der Waals surface area contributed by atoms with Crippen LogP contribution in [0.5, 0.6) is 0 Å². The first-order chi connectivity index (χ1) is 15.6. The topological polar surface area (TPSA) is 79.4 Å². The number of nitrogens with zero attached hydrogens (tertiary/aromatic N) is 3. The molecule has 0 spiro atoms. The maximum atomic E-state index is 13.1. The maximum absolute atomic E-state index is 13.1. The predicted molar refractivity (Wildman–Crippen MR) is 133 cm³/mol. The Morgan fingerprint density at radius 3 is 1.97 bits per heavy atom. The number of ether oxygens (including phenoxy) is 2. The molecule has 8 nitrogen and oxygen atoms in total. The van der Waals surface area contributed by atoms with Crippen molar-refractivity contribution in [3.63, 3.8) is 0 Å². The summed E-state index contributed by atoms with van der Waals surface area (Å²) in [5.74, 6) is 0.732. The maximum Gasteiger partial charge on any atom is 0.410 e. The second-order valence-corrected chi connectivity index (χ2v) is 12.2. The van der Waals surface area contributed by atoms with Crippen LogP contribution >= 0.6 is 0 Å².